The van der Waals surface area contributed by atoms with Crippen molar-refractivity contribution in [2.75, 3.05) is 30.4 Å². The van der Waals surface area contributed by atoms with Crippen molar-refractivity contribution >= 4 is 23.2 Å². The van der Waals surface area contributed by atoms with Gasteiger partial charge in [-0.3, -0.25) is 9.59 Å². The molecule has 1 saturated heterocycles. The van der Waals surface area contributed by atoms with Gasteiger partial charge in [0.15, 0.2) is 17.3 Å². The summed E-state index contributed by atoms with van der Waals surface area (Å²) in [5, 5.41) is 5.74. The molecule has 1 atom stereocenters. The number of hydrogen-bond acceptors (Lipinski definition) is 6. The Labute approximate surface area is 205 Å². The first kappa shape index (κ1) is 24.2. The molecular formula is C27H31N3O5. The van der Waals surface area contributed by atoms with E-state index in [4.69, 9.17) is 13.9 Å². The molecule has 1 fully saturated rings. The maximum atomic E-state index is 12.6. The fraction of sp³-hybridized carbons (Fsp3) is 0.333. The minimum atomic E-state index is -0.384. The molecular weight excluding hydrogens is 446 g/mol. The fourth-order valence-electron chi connectivity index (χ4n) is 4.06. The lowest BCUT2D eigenvalue weighted by molar-refractivity contribution is -0.116. The predicted molar refractivity (Wildman–Crippen MR) is 134 cm³/mol. The molecule has 0 bridgehead atoms. The van der Waals surface area contributed by atoms with Gasteiger partial charge in [0, 0.05) is 36.9 Å². The lowest BCUT2D eigenvalue weighted by atomic mass is 10.2. The SMILES string of the molecule is COc1ccccc1OCc1ccc(C(=O)NC(C)CC(=O)Nc2cccc(N3CCCC3)c2)o1. The highest BCUT2D eigenvalue weighted by Gasteiger charge is 2.18. The minimum absolute atomic E-state index is 0.143. The van der Waals surface area contributed by atoms with Gasteiger partial charge in [-0.2, -0.15) is 0 Å². The molecule has 184 valence electrons. The van der Waals surface area contributed by atoms with Crippen LogP contribution >= 0.6 is 0 Å². The standard InChI is InChI=1S/C27H31N3O5/c1-19(16-26(31)29-20-8-7-9-21(17-20)30-14-5-6-15-30)28-27(32)25-13-12-22(35-25)18-34-24-11-4-3-10-23(24)33-2/h3-4,7-13,17,19H,5-6,14-16,18H2,1-2H3,(H,28,32)(H,29,31). The number of rotatable bonds is 10. The quantitative estimate of drug-likeness (QED) is 0.443. The van der Waals surface area contributed by atoms with E-state index < -0.39 is 0 Å². The van der Waals surface area contributed by atoms with Gasteiger partial charge in [-0.1, -0.05) is 18.2 Å². The van der Waals surface area contributed by atoms with Gasteiger partial charge >= 0.3 is 0 Å². The number of carbonyl (C=O) groups excluding carboxylic acids is 2. The zero-order valence-corrected chi connectivity index (χ0v) is 20.1. The molecule has 4 rings (SSSR count). The lowest BCUT2D eigenvalue weighted by Crippen LogP contribution is -2.35. The van der Waals surface area contributed by atoms with E-state index in [9.17, 15) is 9.59 Å². The smallest absolute Gasteiger partial charge is 0.287 e. The molecule has 8 heteroatoms. The molecule has 0 aliphatic carbocycles. The first-order valence-corrected chi connectivity index (χ1v) is 11.8. The van der Waals surface area contributed by atoms with E-state index in [1.165, 1.54) is 12.8 Å². The first-order chi connectivity index (χ1) is 17.0. The molecule has 35 heavy (non-hydrogen) atoms. The van der Waals surface area contributed by atoms with Gasteiger partial charge < -0.3 is 29.4 Å². The molecule has 2 aromatic carbocycles. The Hall–Kier alpha value is -3.94. The van der Waals surface area contributed by atoms with Crippen LogP contribution in [-0.2, 0) is 11.4 Å². The van der Waals surface area contributed by atoms with Crippen LogP contribution in [0.25, 0.3) is 0 Å². The minimum Gasteiger partial charge on any atom is -0.493 e. The Balaban J connectivity index is 1.25. The fourth-order valence-corrected chi connectivity index (χ4v) is 4.06. The summed E-state index contributed by atoms with van der Waals surface area (Å²) in [5.74, 6) is 1.32. The molecule has 1 unspecified atom stereocenters. The molecule has 8 nitrogen and oxygen atoms in total. The Morgan fingerprint density at radius 3 is 2.57 bits per heavy atom. The van der Waals surface area contributed by atoms with Gasteiger partial charge in [-0.05, 0) is 62.2 Å². The monoisotopic (exact) mass is 477 g/mol. The van der Waals surface area contributed by atoms with E-state index >= 15 is 0 Å². The number of nitrogens with one attached hydrogen (secondary N) is 2. The van der Waals surface area contributed by atoms with Crippen LogP contribution in [0.1, 0.15) is 42.5 Å². The molecule has 2 N–H and O–H groups in total. The third-order valence-corrected chi connectivity index (χ3v) is 5.79. The van der Waals surface area contributed by atoms with Crippen LogP contribution in [-0.4, -0.2) is 38.1 Å². The van der Waals surface area contributed by atoms with E-state index in [1.807, 2.05) is 30.3 Å². The maximum absolute atomic E-state index is 12.6. The molecule has 1 aliphatic heterocycles. The highest BCUT2D eigenvalue weighted by Crippen LogP contribution is 2.27. The normalized spacial score (nSPS) is 13.8. The molecule has 1 aromatic heterocycles. The topological polar surface area (TPSA) is 93.0 Å². The molecule has 3 aromatic rings. The summed E-state index contributed by atoms with van der Waals surface area (Å²) in [6.45, 7) is 4.03. The number of ether oxygens (including phenoxy) is 2. The molecule has 0 radical (unpaired) electrons. The molecule has 0 saturated carbocycles. The summed E-state index contributed by atoms with van der Waals surface area (Å²) >= 11 is 0. The number of anilines is 2. The van der Waals surface area contributed by atoms with Crippen molar-refractivity contribution in [1.82, 2.24) is 5.32 Å². The maximum Gasteiger partial charge on any atom is 0.287 e. The number of methoxy groups -OCH3 is 1. The zero-order chi connectivity index (χ0) is 24.6. The van der Waals surface area contributed by atoms with Gasteiger partial charge in [0.1, 0.15) is 12.4 Å². The van der Waals surface area contributed by atoms with Crippen LogP contribution in [0.2, 0.25) is 0 Å². The summed E-state index contributed by atoms with van der Waals surface area (Å²) in [6.07, 6.45) is 2.53. The van der Waals surface area contributed by atoms with Crippen LogP contribution in [0.15, 0.2) is 65.1 Å². The van der Waals surface area contributed by atoms with Crippen molar-refractivity contribution in [3.05, 3.63) is 72.2 Å². The van der Waals surface area contributed by atoms with Crippen molar-refractivity contribution in [3.63, 3.8) is 0 Å². The van der Waals surface area contributed by atoms with Gasteiger partial charge in [-0.25, -0.2) is 0 Å². The van der Waals surface area contributed by atoms with E-state index in [1.54, 1.807) is 38.3 Å². The number of furan rings is 1. The summed E-state index contributed by atoms with van der Waals surface area (Å²) < 4.78 is 16.6. The van der Waals surface area contributed by atoms with E-state index in [0.717, 1.165) is 24.5 Å². The third kappa shape index (κ3) is 6.56. The number of benzene rings is 2. The average molecular weight is 478 g/mol. The number of nitrogens with zero attached hydrogens (tertiary/aromatic N) is 1. The van der Waals surface area contributed by atoms with Gasteiger partial charge in [-0.15, -0.1) is 0 Å². The lowest BCUT2D eigenvalue weighted by Gasteiger charge is -2.19. The van der Waals surface area contributed by atoms with Crippen molar-refractivity contribution in [2.45, 2.75) is 38.8 Å². The van der Waals surface area contributed by atoms with Crippen LogP contribution in [0, 0.1) is 0 Å². The predicted octanol–water partition coefficient (Wildman–Crippen LogP) is 4.61. The average Bonchev–Trinajstić information content (AvgIpc) is 3.55. The molecule has 2 amide bonds. The summed E-state index contributed by atoms with van der Waals surface area (Å²) in [5.41, 5.74) is 1.87. The Morgan fingerprint density at radius 2 is 1.80 bits per heavy atom. The van der Waals surface area contributed by atoms with Crippen LogP contribution in [0.5, 0.6) is 11.5 Å². The van der Waals surface area contributed by atoms with Gasteiger partial charge in [0.25, 0.3) is 5.91 Å². The molecule has 2 heterocycles. The van der Waals surface area contributed by atoms with E-state index in [2.05, 4.69) is 21.6 Å². The summed E-state index contributed by atoms with van der Waals surface area (Å²) in [6, 6.07) is 18.1. The Kier molecular flexibility index (Phi) is 7.92. The Bertz CT molecular complexity index is 1150. The number of amides is 2. The highest BCUT2D eigenvalue weighted by atomic mass is 16.5. The zero-order valence-electron chi connectivity index (χ0n) is 20.1. The van der Waals surface area contributed by atoms with Gasteiger partial charge in [0.05, 0.1) is 7.11 Å². The number of hydrogen-bond donors (Lipinski definition) is 2. The largest absolute Gasteiger partial charge is 0.493 e. The third-order valence-electron chi connectivity index (χ3n) is 5.79. The summed E-state index contributed by atoms with van der Waals surface area (Å²) in [7, 11) is 1.57. The second-order valence-corrected chi connectivity index (χ2v) is 8.58. The second kappa shape index (κ2) is 11.5. The van der Waals surface area contributed by atoms with Crippen LogP contribution in [0.4, 0.5) is 11.4 Å². The van der Waals surface area contributed by atoms with Crippen molar-refractivity contribution < 1.29 is 23.5 Å². The van der Waals surface area contributed by atoms with Crippen molar-refractivity contribution in [1.29, 1.82) is 0 Å². The van der Waals surface area contributed by atoms with Gasteiger partial charge in [0.2, 0.25) is 5.91 Å². The van der Waals surface area contributed by atoms with E-state index in [0.29, 0.717) is 17.3 Å². The molecule has 1 aliphatic rings. The second-order valence-electron chi connectivity index (χ2n) is 8.58. The van der Waals surface area contributed by atoms with Crippen LogP contribution in [0.3, 0.4) is 0 Å². The van der Waals surface area contributed by atoms with Crippen molar-refractivity contribution in [3.8, 4) is 11.5 Å². The Morgan fingerprint density at radius 1 is 1.03 bits per heavy atom. The van der Waals surface area contributed by atoms with Crippen molar-refractivity contribution in [2.24, 2.45) is 0 Å². The first-order valence-electron chi connectivity index (χ1n) is 11.8. The van der Waals surface area contributed by atoms with Crippen LogP contribution < -0.4 is 25.0 Å². The number of para-hydroxylation sites is 2. The highest BCUT2D eigenvalue weighted by molar-refractivity contribution is 5.94. The number of carbonyl (C=O) groups is 2. The molecule has 0 spiro atoms. The van der Waals surface area contributed by atoms with E-state index in [-0.39, 0.29) is 36.6 Å². The summed E-state index contributed by atoms with van der Waals surface area (Å²) in [4.78, 5) is 27.4.